The van der Waals surface area contributed by atoms with Gasteiger partial charge in [-0.25, -0.2) is 0 Å². The maximum absolute atomic E-state index is 6.15. The zero-order valence-electron chi connectivity index (χ0n) is 13.1. The molecule has 0 amide bonds. The normalized spacial score (nSPS) is 28.5. The van der Waals surface area contributed by atoms with E-state index in [2.05, 4.69) is 24.3 Å². The summed E-state index contributed by atoms with van der Waals surface area (Å²) in [5, 5.41) is 0. The zero-order chi connectivity index (χ0) is 15.5. The lowest BCUT2D eigenvalue weighted by atomic mass is 10.1. The van der Waals surface area contributed by atoms with Crippen LogP contribution in [-0.2, 0) is 27.4 Å². The van der Waals surface area contributed by atoms with Crippen LogP contribution in [0.5, 0.6) is 0 Å². The number of benzene rings is 2. The van der Waals surface area contributed by atoms with E-state index in [9.17, 15) is 0 Å². The number of rotatable bonds is 7. The molecule has 2 aromatic carbocycles. The van der Waals surface area contributed by atoms with Crippen LogP contribution in [0, 0.1) is 5.92 Å². The van der Waals surface area contributed by atoms with Gasteiger partial charge in [0, 0.05) is 12.3 Å². The van der Waals surface area contributed by atoms with Gasteiger partial charge in [0.25, 0.3) is 0 Å². The summed E-state index contributed by atoms with van der Waals surface area (Å²) in [6.45, 7) is 2.02. The highest BCUT2D eigenvalue weighted by molar-refractivity contribution is 5.14. The molecule has 4 atom stereocenters. The second kappa shape index (κ2) is 6.83. The zero-order valence-corrected chi connectivity index (χ0v) is 13.1. The van der Waals surface area contributed by atoms with Crippen molar-refractivity contribution in [3.63, 3.8) is 0 Å². The lowest BCUT2D eigenvalue weighted by Gasteiger charge is -2.22. The van der Waals surface area contributed by atoms with E-state index in [0.29, 0.717) is 37.9 Å². The number of fused-ring (bicyclic) bond motifs is 1. The van der Waals surface area contributed by atoms with Crippen LogP contribution in [0.2, 0.25) is 0 Å². The van der Waals surface area contributed by atoms with E-state index in [1.807, 2.05) is 36.4 Å². The van der Waals surface area contributed by atoms with Crippen LogP contribution in [0.1, 0.15) is 17.5 Å². The average Bonchev–Trinajstić information content (AvgIpc) is 3.29. The topological polar surface area (TPSA) is 31.0 Å². The smallest absolute Gasteiger partial charge is 0.0917 e. The maximum Gasteiger partial charge on any atom is 0.0917 e. The Morgan fingerprint density at radius 2 is 1.52 bits per heavy atom. The van der Waals surface area contributed by atoms with E-state index in [-0.39, 0.29) is 6.10 Å². The van der Waals surface area contributed by atoms with Crippen molar-refractivity contribution >= 4 is 0 Å². The van der Waals surface area contributed by atoms with Gasteiger partial charge in [0.15, 0.2) is 0 Å². The number of epoxide rings is 1. The summed E-state index contributed by atoms with van der Waals surface area (Å²) in [6, 6.07) is 20.6. The Bertz CT molecular complexity index is 613. The van der Waals surface area contributed by atoms with Gasteiger partial charge in [-0.3, -0.25) is 0 Å². The largest absolute Gasteiger partial charge is 0.376 e. The summed E-state index contributed by atoms with van der Waals surface area (Å²) in [5.41, 5.74) is 2.43. The summed E-state index contributed by atoms with van der Waals surface area (Å²) in [6.07, 6.45) is 1.97. The minimum absolute atomic E-state index is 0.245. The highest BCUT2D eigenvalue weighted by Gasteiger charge is 2.56. The van der Waals surface area contributed by atoms with Crippen molar-refractivity contribution in [2.24, 2.45) is 5.92 Å². The number of hydrogen-bond acceptors (Lipinski definition) is 3. The predicted octanol–water partition coefficient (Wildman–Crippen LogP) is 3.58. The molecule has 3 heteroatoms. The van der Waals surface area contributed by atoms with Crippen molar-refractivity contribution in [3.05, 3.63) is 71.8 Å². The van der Waals surface area contributed by atoms with Crippen LogP contribution < -0.4 is 0 Å². The molecule has 1 saturated heterocycles. The van der Waals surface area contributed by atoms with E-state index >= 15 is 0 Å². The van der Waals surface area contributed by atoms with Crippen molar-refractivity contribution in [1.29, 1.82) is 0 Å². The van der Waals surface area contributed by atoms with Crippen molar-refractivity contribution in [2.45, 2.75) is 37.9 Å². The molecule has 1 aliphatic heterocycles. The Kier molecular flexibility index (Phi) is 4.42. The second-order valence-electron chi connectivity index (χ2n) is 6.37. The summed E-state index contributed by atoms with van der Waals surface area (Å²) in [5.74, 6) is 0.354. The SMILES string of the molecule is c1ccc(COC[C@H]2[C@H]3O[C@@H]3C[C@@H]2OCc2ccccc2)cc1. The third kappa shape index (κ3) is 3.63. The fraction of sp³-hybridized carbons (Fsp3) is 0.400. The summed E-state index contributed by atoms with van der Waals surface area (Å²) in [7, 11) is 0. The van der Waals surface area contributed by atoms with Crippen molar-refractivity contribution in [1.82, 2.24) is 0 Å². The fourth-order valence-corrected chi connectivity index (χ4v) is 3.40. The second-order valence-corrected chi connectivity index (χ2v) is 6.37. The molecule has 0 radical (unpaired) electrons. The lowest BCUT2D eigenvalue weighted by Crippen LogP contribution is -2.28. The molecule has 4 rings (SSSR count). The molecule has 23 heavy (non-hydrogen) atoms. The average molecular weight is 310 g/mol. The van der Waals surface area contributed by atoms with Gasteiger partial charge < -0.3 is 14.2 Å². The molecule has 1 aliphatic carbocycles. The summed E-state index contributed by atoms with van der Waals surface area (Å²) in [4.78, 5) is 0. The third-order valence-electron chi connectivity index (χ3n) is 4.71. The molecular weight excluding hydrogens is 288 g/mol. The van der Waals surface area contributed by atoms with Crippen LogP contribution in [-0.4, -0.2) is 24.9 Å². The summed E-state index contributed by atoms with van der Waals surface area (Å²) >= 11 is 0. The first-order valence-corrected chi connectivity index (χ1v) is 8.33. The Morgan fingerprint density at radius 1 is 0.870 bits per heavy atom. The number of hydrogen-bond donors (Lipinski definition) is 0. The van der Waals surface area contributed by atoms with Gasteiger partial charge >= 0.3 is 0 Å². The van der Waals surface area contributed by atoms with E-state index in [1.165, 1.54) is 11.1 Å². The molecule has 0 spiro atoms. The van der Waals surface area contributed by atoms with Crippen molar-refractivity contribution in [3.8, 4) is 0 Å². The van der Waals surface area contributed by atoms with Crippen LogP contribution in [0.25, 0.3) is 0 Å². The van der Waals surface area contributed by atoms with Gasteiger partial charge in [-0.2, -0.15) is 0 Å². The molecule has 0 bridgehead atoms. The van der Waals surface area contributed by atoms with Gasteiger partial charge in [0.2, 0.25) is 0 Å². The third-order valence-corrected chi connectivity index (χ3v) is 4.71. The van der Waals surface area contributed by atoms with Gasteiger partial charge in [0.05, 0.1) is 38.1 Å². The Labute approximate surface area is 137 Å². The standard InChI is InChI=1S/C20H22O3/c1-3-7-15(8-4-1)12-21-14-17-18(11-19-20(17)23-19)22-13-16-9-5-2-6-10-16/h1-10,17-20H,11-14H2/t17-,18+,19-,20-/m1/s1. The molecule has 3 nitrogen and oxygen atoms in total. The van der Waals surface area contributed by atoms with Crippen LogP contribution in [0.4, 0.5) is 0 Å². The number of ether oxygens (including phenoxy) is 3. The van der Waals surface area contributed by atoms with Gasteiger partial charge in [-0.15, -0.1) is 0 Å². The fourth-order valence-electron chi connectivity index (χ4n) is 3.40. The highest BCUT2D eigenvalue weighted by Crippen LogP contribution is 2.45. The Hall–Kier alpha value is -1.68. The van der Waals surface area contributed by atoms with E-state index in [1.54, 1.807) is 0 Å². The predicted molar refractivity (Wildman–Crippen MR) is 87.9 cm³/mol. The molecule has 1 saturated carbocycles. The molecule has 0 unspecified atom stereocenters. The van der Waals surface area contributed by atoms with E-state index in [4.69, 9.17) is 14.2 Å². The minimum Gasteiger partial charge on any atom is -0.376 e. The first-order valence-electron chi connectivity index (χ1n) is 8.33. The first-order chi connectivity index (χ1) is 11.4. The Morgan fingerprint density at radius 3 is 2.22 bits per heavy atom. The molecule has 0 aromatic heterocycles. The van der Waals surface area contributed by atoms with Crippen LogP contribution in [0.3, 0.4) is 0 Å². The molecule has 0 N–H and O–H groups in total. The van der Waals surface area contributed by atoms with Gasteiger partial charge in [-0.1, -0.05) is 60.7 Å². The molecule has 120 valence electrons. The molecule has 1 heterocycles. The molecule has 2 fully saturated rings. The highest BCUT2D eigenvalue weighted by atomic mass is 16.6. The molecular formula is C20H22O3. The maximum atomic E-state index is 6.15. The quantitative estimate of drug-likeness (QED) is 0.733. The first kappa shape index (κ1) is 14.9. The van der Waals surface area contributed by atoms with Crippen molar-refractivity contribution < 1.29 is 14.2 Å². The van der Waals surface area contributed by atoms with Crippen LogP contribution >= 0.6 is 0 Å². The summed E-state index contributed by atoms with van der Waals surface area (Å²) < 4.78 is 17.8. The van der Waals surface area contributed by atoms with Gasteiger partial charge in [-0.05, 0) is 11.1 Å². The molecule has 2 aromatic rings. The Balaban J connectivity index is 1.28. The van der Waals surface area contributed by atoms with E-state index in [0.717, 1.165) is 6.42 Å². The van der Waals surface area contributed by atoms with Crippen molar-refractivity contribution in [2.75, 3.05) is 6.61 Å². The monoisotopic (exact) mass is 310 g/mol. The minimum atomic E-state index is 0.245. The van der Waals surface area contributed by atoms with E-state index < -0.39 is 0 Å². The molecule has 2 aliphatic rings. The lowest BCUT2D eigenvalue weighted by molar-refractivity contribution is -0.0450. The van der Waals surface area contributed by atoms with Crippen LogP contribution in [0.15, 0.2) is 60.7 Å². The van der Waals surface area contributed by atoms with Gasteiger partial charge in [0.1, 0.15) is 0 Å².